The Balaban J connectivity index is 4.12. The molecule has 0 aliphatic heterocycles. The third-order valence-electron chi connectivity index (χ3n) is 4.29. The maximum atomic E-state index is 6.39. The van der Waals surface area contributed by atoms with E-state index in [-0.39, 0.29) is 0 Å². The molecule has 0 saturated heterocycles. The van der Waals surface area contributed by atoms with E-state index in [1.807, 2.05) is 0 Å². The summed E-state index contributed by atoms with van der Waals surface area (Å²) in [6.07, 6.45) is 8.29. The molecule has 0 N–H and O–H groups in total. The third kappa shape index (κ3) is 4.79. The summed E-state index contributed by atoms with van der Waals surface area (Å²) >= 11 is 6.39. The van der Waals surface area contributed by atoms with Crippen molar-refractivity contribution in [2.24, 2.45) is 11.8 Å². The van der Waals surface area contributed by atoms with Crippen LogP contribution >= 0.6 is 11.1 Å². The summed E-state index contributed by atoms with van der Waals surface area (Å²) in [6.45, 7) is 11.7. The Hall–Kier alpha value is 0.507. The third-order valence-corrected chi connectivity index (χ3v) is 8.27. The van der Waals surface area contributed by atoms with Crippen LogP contribution in [0.1, 0.15) is 73.1 Å². The number of hydrogen-bond donors (Lipinski definition) is 0. The second-order valence-corrected chi connectivity index (χ2v) is 8.23. The van der Waals surface area contributed by atoms with Crippen LogP contribution < -0.4 is 0 Å². The lowest BCUT2D eigenvalue weighted by molar-refractivity contribution is 0.282. The van der Waals surface area contributed by atoms with E-state index >= 15 is 0 Å². The van der Waals surface area contributed by atoms with Crippen molar-refractivity contribution in [2.75, 3.05) is 0 Å². The van der Waals surface area contributed by atoms with Crippen molar-refractivity contribution in [1.29, 1.82) is 0 Å². The van der Waals surface area contributed by atoms with E-state index in [2.05, 4.69) is 34.6 Å². The van der Waals surface area contributed by atoms with E-state index in [4.69, 9.17) is 11.1 Å². The van der Waals surface area contributed by atoms with Crippen LogP contribution in [0.25, 0.3) is 0 Å². The molecule has 0 radical (unpaired) electrons. The van der Waals surface area contributed by atoms with Crippen molar-refractivity contribution < 1.29 is 0 Å². The van der Waals surface area contributed by atoms with Gasteiger partial charge in [0, 0.05) is 0 Å². The zero-order chi connectivity index (χ0) is 12.6. The summed E-state index contributed by atoms with van der Waals surface area (Å²) in [6, 6.07) is 0. The molecule has 0 aromatic heterocycles. The molecular weight excluding hydrogens is 232 g/mol. The molecule has 0 saturated carbocycles. The van der Waals surface area contributed by atoms with E-state index in [0.29, 0.717) is 5.04 Å². The van der Waals surface area contributed by atoms with Gasteiger partial charge in [0.15, 0.2) is 0 Å². The highest BCUT2D eigenvalue weighted by molar-refractivity contribution is 6.95. The topological polar surface area (TPSA) is 0 Å². The first-order chi connectivity index (χ1) is 7.51. The van der Waals surface area contributed by atoms with Crippen LogP contribution in [0.2, 0.25) is 5.04 Å². The molecule has 0 atom stereocenters. The lowest BCUT2D eigenvalue weighted by Crippen LogP contribution is -2.29. The highest BCUT2D eigenvalue weighted by atomic mass is 35.6. The van der Waals surface area contributed by atoms with Crippen LogP contribution in [-0.4, -0.2) is 8.83 Å². The minimum atomic E-state index is -0.441. The molecule has 98 valence electrons. The van der Waals surface area contributed by atoms with Gasteiger partial charge in [0.05, 0.1) is 0 Å². The predicted octanol–water partition coefficient (Wildman–Crippen LogP) is 5.14. The average molecular weight is 263 g/mol. The van der Waals surface area contributed by atoms with Gasteiger partial charge in [0.2, 0.25) is 0 Å². The van der Waals surface area contributed by atoms with Gasteiger partial charge >= 0.3 is 0 Å². The Morgan fingerprint density at radius 1 is 0.938 bits per heavy atom. The van der Waals surface area contributed by atoms with Crippen LogP contribution in [0.4, 0.5) is 0 Å². The standard InChI is InChI=1S/C14H31ClSi/c1-6-7-8-9-10-11-14(16-15,12(2)3)13(4)5/h12-13H,6-11,16H2,1-5H3. The molecule has 0 nitrogen and oxygen atoms in total. The van der Waals surface area contributed by atoms with Crippen LogP contribution in [0, 0.1) is 11.8 Å². The zero-order valence-corrected chi connectivity index (χ0v) is 14.2. The fourth-order valence-electron chi connectivity index (χ4n) is 2.68. The zero-order valence-electron chi connectivity index (χ0n) is 12.0. The van der Waals surface area contributed by atoms with Crippen molar-refractivity contribution in [2.45, 2.75) is 78.2 Å². The van der Waals surface area contributed by atoms with Gasteiger partial charge in [-0.2, -0.15) is 11.1 Å². The molecular formula is C14H31ClSi. The predicted molar refractivity (Wildman–Crippen MR) is 80.1 cm³/mol. The van der Waals surface area contributed by atoms with Crippen molar-refractivity contribution >= 4 is 19.9 Å². The second kappa shape index (κ2) is 8.58. The monoisotopic (exact) mass is 262 g/mol. The SMILES string of the molecule is CCCCCCCC([SiH2]Cl)(C(C)C)C(C)C. The van der Waals surface area contributed by atoms with E-state index in [1.54, 1.807) is 0 Å². The molecule has 0 heterocycles. The first kappa shape index (κ1) is 16.5. The normalized spacial score (nSPS) is 13.5. The maximum Gasteiger partial charge on any atom is 0.131 e. The fraction of sp³-hybridized carbons (Fsp3) is 1.00. The molecule has 0 aliphatic carbocycles. The minimum absolute atomic E-state index is 0.441. The summed E-state index contributed by atoms with van der Waals surface area (Å²) in [4.78, 5) is 0. The van der Waals surface area contributed by atoms with Crippen molar-refractivity contribution in [3.05, 3.63) is 0 Å². The van der Waals surface area contributed by atoms with Gasteiger partial charge < -0.3 is 0 Å². The molecule has 0 bridgehead atoms. The summed E-state index contributed by atoms with van der Waals surface area (Å²) in [5, 5.41) is 0.494. The molecule has 0 spiro atoms. The summed E-state index contributed by atoms with van der Waals surface area (Å²) in [5.41, 5.74) is 0. The smallest absolute Gasteiger partial charge is 0.131 e. The molecule has 0 fully saturated rings. The highest BCUT2D eigenvalue weighted by Gasteiger charge is 2.35. The van der Waals surface area contributed by atoms with Crippen LogP contribution in [-0.2, 0) is 0 Å². The van der Waals surface area contributed by atoms with E-state index in [1.165, 1.54) is 38.5 Å². The van der Waals surface area contributed by atoms with Gasteiger partial charge in [-0.25, -0.2) is 0 Å². The van der Waals surface area contributed by atoms with E-state index < -0.39 is 8.83 Å². The number of halogens is 1. The van der Waals surface area contributed by atoms with Gasteiger partial charge in [-0.1, -0.05) is 66.7 Å². The molecule has 2 heteroatoms. The number of hydrogen-bond acceptors (Lipinski definition) is 0. The van der Waals surface area contributed by atoms with Crippen LogP contribution in [0.5, 0.6) is 0 Å². The van der Waals surface area contributed by atoms with E-state index in [0.717, 1.165) is 11.8 Å². The molecule has 0 amide bonds. The minimum Gasteiger partial charge on any atom is -0.176 e. The Morgan fingerprint density at radius 3 is 1.81 bits per heavy atom. The maximum absolute atomic E-state index is 6.39. The van der Waals surface area contributed by atoms with Crippen LogP contribution in [0.15, 0.2) is 0 Å². The van der Waals surface area contributed by atoms with E-state index in [9.17, 15) is 0 Å². The van der Waals surface area contributed by atoms with Gasteiger partial charge in [0.25, 0.3) is 0 Å². The Bertz CT molecular complexity index is 158. The molecule has 0 aromatic carbocycles. The Kier molecular flexibility index (Phi) is 8.85. The van der Waals surface area contributed by atoms with Crippen LogP contribution in [0.3, 0.4) is 0 Å². The first-order valence-electron chi connectivity index (χ1n) is 7.07. The summed E-state index contributed by atoms with van der Waals surface area (Å²) in [5.74, 6) is 1.51. The first-order valence-corrected chi connectivity index (χ1v) is 9.91. The Labute approximate surface area is 110 Å². The van der Waals surface area contributed by atoms with Crippen molar-refractivity contribution in [3.8, 4) is 0 Å². The quantitative estimate of drug-likeness (QED) is 0.307. The van der Waals surface area contributed by atoms with Gasteiger partial charge in [-0.3, -0.25) is 0 Å². The number of rotatable bonds is 9. The van der Waals surface area contributed by atoms with Crippen molar-refractivity contribution in [1.82, 2.24) is 0 Å². The van der Waals surface area contributed by atoms with Gasteiger partial charge in [-0.05, 0) is 23.3 Å². The molecule has 0 aromatic rings. The molecule has 0 aliphatic rings. The average Bonchev–Trinajstić information content (AvgIpc) is 2.22. The molecule has 0 unspecified atom stereocenters. The lowest BCUT2D eigenvalue weighted by Gasteiger charge is -2.40. The largest absolute Gasteiger partial charge is 0.176 e. The summed E-state index contributed by atoms with van der Waals surface area (Å²) in [7, 11) is -0.441. The number of unbranched alkanes of at least 4 members (excludes halogenated alkanes) is 4. The summed E-state index contributed by atoms with van der Waals surface area (Å²) < 4.78 is 0. The Morgan fingerprint density at radius 2 is 1.44 bits per heavy atom. The highest BCUT2D eigenvalue weighted by Crippen LogP contribution is 2.47. The second-order valence-electron chi connectivity index (χ2n) is 5.84. The fourth-order valence-corrected chi connectivity index (χ4v) is 5.93. The van der Waals surface area contributed by atoms with Crippen molar-refractivity contribution in [3.63, 3.8) is 0 Å². The van der Waals surface area contributed by atoms with Gasteiger partial charge in [0.1, 0.15) is 8.83 Å². The molecule has 16 heavy (non-hydrogen) atoms. The lowest BCUT2D eigenvalue weighted by atomic mass is 9.80. The van der Waals surface area contributed by atoms with Gasteiger partial charge in [-0.15, -0.1) is 0 Å². The molecule has 0 rings (SSSR count).